The normalized spacial score (nSPS) is 11.3. The molecule has 3 N–H and O–H groups in total. The second-order valence-electron chi connectivity index (χ2n) is 6.20. The summed E-state index contributed by atoms with van der Waals surface area (Å²) < 4.78 is 3.16. The second-order valence-corrected chi connectivity index (χ2v) is 7.12. The van der Waals surface area contributed by atoms with Crippen LogP contribution in [0.2, 0.25) is 0 Å². The van der Waals surface area contributed by atoms with Crippen LogP contribution in [0.5, 0.6) is 0 Å². The molecule has 1 radical (unpaired) electrons. The first kappa shape index (κ1) is 16.8. The Morgan fingerprint density at radius 2 is 1.88 bits per heavy atom. The first-order chi connectivity index (χ1) is 12.6. The van der Waals surface area contributed by atoms with Gasteiger partial charge in [-0.05, 0) is 53.6 Å². The van der Waals surface area contributed by atoms with Crippen molar-refractivity contribution in [1.82, 2.24) is 4.57 Å². The lowest BCUT2D eigenvalue weighted by Crippen LogP contribution is -2.11. The smallest absolute Gasteiger partial charge is 0.249 e. The lowest BCUT2D eigenvalue weighted by atomic mass is 10.0. The van der Waals surface area contributed by atoms with Gasteiger partial charge in [-0.25, -0.2) is 0 Å². The van der Waals surface area contributed by atoms with Gasteiger partial charge in [-0.15, -0.1) is 0 Å². The van der Waals surface area contributed by atoms with Crippen molar-refractivity contribution < 1.29 is 9.90 Å². The van der Waals surface area contributed by atoms with Crippen LogP contribution < -0.4 is 5.73 Å². The zero-order valence-electron chi connectivity index (χ0n) is 13.9. The molecule has 5 heteroatoms. The zero-order chi connectivity index (χ0) is 18.3. The van der Waals surface area contributed by atoms with Crippen LogP contribution in [-0.4, -0.2) is 15.6 Å². The molecule has 0 aliphatic heterocycles. The lowest BCUT2D eigenvalue weighted by molar-refractivity contribution is 0.100. The van der Waals surface area contributed by atoms with Crippen LogP contribution in [0.1, 0.15) is 21.5 Å². The van der Waals surface area contributed by atoms with Crippen LogP contribution in [0.3, 0.4) is 0 Å². The minimum atomic E-state index is -0.460. The first-order valence-corrected chi connectivity index (χ1v) is 8.98. The number of aliphatic hydroxyl groups is 1. The van der Waals surface area contributed by atoms with E-state index in [1.165, 1.54) is 0 Å². The Hall–Kier alpha value is -2.63. The highest BCUT2D eigenvalue weighted by Crippen LogP contribution is 2.32. The van der Waals surface area contributed by atoms with Gasteiger partial charge in [-0.1, -0.05) is 34.1 Å². The maximum absolute atomic E-state index is 11.9. The van der Waals surface area contributed by atoms with Crippen molar-refractivity contribution in [2.45, 2.75) is 13.2 Å². The number of amides is 1. The van der Waals surface area contributed by atoms with Gasteiger partial charge in [0.15, 0.2) is 0 Å². The number of nitrogens with zero attached hydrogens (tertiary/aromatic N) is 1. The fourth-order valence-electron chi connectivity index (χ4n) is 3.34. The van der Waals surface area contributed by atoms with Gasteiger partial charge in [-0.2, -0.15) is 0 Å². The SMILES string of the molecule is NC(=O)c1cccc2c1c1[c]cc(CO)cc1n2Cc1ccc(Br)cc1. The molecule has 1 amide bonds. The molecule has 0 saturated heterocycles. The van der Waals surface area contributed by atoms with Gasteiger partial charge in [0.1, 0.15) is 0 Å². The molecule has 4 aromatic rings. The third kappa shape index (κ3) is 2.79. The third-order valence-electron chi connectivity index (χ3n) is 4.56. The van der Waals surface area contributed by atoms with E-state index < -0.39 is 5.91 Å². The Kier molecular flexibility index (Phi) is 4.26. The molecule has 0 aliphatic rings. The number of hydrogen-bond acceptors (Lipinski definition) is 2. The molecule has 0 bridgehead atoms. The van der Waals surface area contributed by atoms with Crippen LogP contribution in [0.4, 0.5) is 0 Å². The van der Waals surface area contributed by atoms with Crippen LogP contribution in [0.15, 0.2) is 59.1 Å². The number of aliphatic hydroxyl groups excluding tert-OH is 1. The Balaban J connectivity index is 2.03. The van der Waals surface area contributed by atoms with E-state index in [1.807, 2.05) is 30.3 Å². The van der Waals surface area contributed by atoms with Crippen molar-refractivity contribution in [3.63, 3.8) is 0 Å². The van der Waals surface area contributed by atoms with Crippen molar-refractivity contribution in [1.29, 1.82) is 0 Å². The van der Waals surface area contributed by atoms with Gasteiger partial charge >= 0.3 is 0 Å². The monoisotopic (exact) mass is 407 g/mol. The van der Waals surface area contributed by atoms with E-state index in [4.69, 9.17) is 5.73 Å². The molecular formula is C21H16BrN2O2. The Labute approximate surface area is 159 Å². The maximum atomic E-state index is 11.9. The second kappa shape index (κ2) is 6.59. The molecule has 0 spiro atoms. The number of carbonyl (C=O) groups is 1. The summed E-state index contributed by atoms with van der Waals surface area (Å²) in [5.41, 5.74) is 9.83. The molecule has 1 heterocycles. The van der Waals surface area contributed by atoms with Crippen molar-refractivity contribution in [2.75, 3.05) is 0 Å². The van der Waals surface area contributed by atoms with Crippen molar-refractivity contribution in [3.05, 3.63) is 81.8 Å². The average Bonchev–Trinajstić information content (AvgIpc) is 2.96. The quantitative estimate of drug-likeness (QED) is 0.536. The van der Waals surface area contributed by atoms with E-state index in [2.05, 4.69) is 38.7 Å². The summed E-state index contributed by atoms with van der Waals surface area (Å²) in [6, 6.07) is 20.6. The van der Waals surface area contributed by atoms with Crippen LogP contribution in [0.25, 0.3) is 21.8 Å². The summed E-state index contributed by atoms with van der Waals surface area (Å²) >= 11 is 3.46. The fourth-order valence-corrected chi connectivity index (χ4v) is 3.60. The van der Waals surface area contributed by atoms with E-state index in [-0.39, 0.29) is 6.61 Å². The molecule has 4 rings (SSSR count). The molecule has 0 aliphatic carbocycles. The Morgan fingerprint density at radius 3 is 2.58 bits per heavy atom. The molecule has 0 atom stereocenters. The third-order valence-corrected chi connectivity index (χ3v) is 5.08. The highest BCUT2D eigenvalue weighted by Gasteiger charge is 2.17. The van der Waals surface area contributed by atoms with E-state index in [9.17, 15) is 9.90 Å². The van der Waals surface area contributed by atoms with Crippen molar-refractivity contribution in [3.8, 4) is 0 Å². The van der Waals surface area contributed by atoms with Gasteiger partial charge < -0.3 is 15.4 Å². The molecule has 0 unspecified atom stereocenters. The van der Waals surface area contributed by atoms with E-state index in [0.29, 0.717) is 12.1 Å². The predicted octanol–water partition coefficient (Wildman–Crippen LogP) is 4.00. The maximum Gasteiger partial charge on any atom is 0.249 e. The van der Waals surface area contributed by atoms with Crippen molar-refractivity contribution in [2.24, 2.45) is 5.73 Å². The molecule has 1 aromatic heterocycles. The summed E-state index contributed by atoms with van der Waals surface area (Å²) in [4.78, 5) is 11.9. The number of benzene rings is 3. The number of hydrogen-bond donors (Lipinski definition) is 2. The molecule has 26 heavy (non-hydrogen) atoms. The first-order valence-electron chi connectivity index (χ1n) is 8.19. The summed E-state index contributed by atoms with van der Waals surface area (Å²) in [6.45, 7) is 0.577. The fraction of sp³-hybridized carbons (Fsp3) is 0.0952. The molecule has 0 fully saturated rings. The molecule has 0 saturated carbocycles. The van der Waals surface area contributed by atoms with Gasteiger partial charge in [-0.3, -0.25) is 4.79 Å². The zero-order valence-corrected chi connectivity index (χ0v) is 15.5. The number of nitrogens with two attached hydrogens (primary N) is 1. The van der Waals surface area contributed by atoms with E-state index >= 15 is 0 Å². The summed E-state index contributed by atoms with van der Waals surface area (Å²) in [5.74, 6) is -0.460. The van der Waals surface area contributed by atoms with Gasteiger partial charge in [0.25, 0.3) is 0 Å². The standard InChI is InChI=1S/C21H16BrN2O2/c22-15-7-4-13(5-8-15)11-24-18-3-1-2-17(21(23)26)20(18)16-9-6-14(12-25)10-19(16)24/h1-8,10,25H,11-12H2,(H2,23,26). The van der Waals surface area contributed by atoms with E-state index in [1.54, 1.807) is 12.1 Å². The number of fused-ring (bicyclic) bond motifs is 3. The minimum absolute atomic E-state index is 0.0606. The highest BCUT2D eigenvalue weighted by molar-refractivity contribution is 9.10. The molecule has 129 valence electrons. The number of primary amides is 1. The largest absolute Gasteiger partial charge is 0.392 e. The predicted molar refractivity (Wildman–Crippen MR) is 106 cm³/mol. The van der Waals surface area contributed by atoms with Gasteiger partial charge in [0, 0.05) is 27.4 Å². The minimum Gasteiger partial charge on any atom is -0.392 e. The Morgan fingerprint density at radius 1 is 1.12 bits per heavy atom. The van der Waals surface area contributed by atoms with Crippen LogP contribution >= 0.6 is 15.9 Å². The van der Waals surface area contributed by atoms with Crippen LogP contribution in [-0.2, 0) is 13.2 Å². The summed E-state index contributed by atoms with van der Waals surface area (Å²) in [6.07, 6.45) is 0. The Bertz CT molecular complexity index is 1130. The molecular weight excluding hydrogens is 392 g/mol. The average molecular weight is 408 g/mol. The number of rotatable bonds is 4. The van der Waals surface area contributed by atoms with Gasteiger partial charge in [0.2, 0.25) is 5.91 Å². The highest BCUT2D eigenvalue weighted by atomic mass is 79.9. The number of aromatic nitrogens is 1. The van der Waals surface area contributed by atoms with Crippen molar-refractivity contribution >= 4 is 43.6 Å². The molecule has 4 nitrogen and oxygen atoms in total. The molecule has 3 aromatic carbocycles. The summed E-state index contributed by atoms with van der Waals surface area (Å²) in [7, 11) is 0. The number of halogens is 1. The van der Waals surface area contributed by atoms with Crippen LogP contribution in [0, 0.1) is 6.07 Å². The van der Waals surface area contributed by atoms with Gasteiger partial charge in [0.05, 0.1) is 17.6 Å². The van der Waals surface area contributed by atoms with E-state index in [0.717, 1.165) is 37.4 Å². The topological polar surface area (TPSA) is 68.2 Å². The lowest BCUT2D eigenvalue weighted by Gasteiger charge is -2.09. The number of carbonyl (C=O) groups excluding carboxylic acids is 1. The summed E-state index contributed by atoms with van der Waals surface area (Å²) in [5, 5.41) is 11.2.